The summed E-state index contributed by atoms with van der Waals surface area (Å²) in [5.41, 5.74) is 1.03. The van der Waals surface area contributed by atoms with E-state index >= 15 is 0 Å². The zero-order valence-corrected chi connectivity index (χ0v) is 8.46. The maximum absolute atomic E-state index is 5.69. The van der Waals surface area contributed by atoms with Crippen LogP contribution in [0.4, 0.5) is 0 Å². The first kappa shape index (κ1) is 10.6. The van der Waals surface area contributed by atoms with Crippen molar-refractivity contribution in [3.63, 3.8) is 0 Å². The lowest BCUT2D eigenvalue weighted by Crippen LogP contribution is -2.31. The molecule has 0 aliphatic carbocycles. The molecule has 2 N–H and O–H groups in total. The van der Waals surface area contributed by atoms with Crippen LogP contribution in [-0.2, 0) is 14.3 Å². The number of rotatable bonds is 3. The molecule has 2 atom stereocenters. The molecule has 4 nitrogen and oxygen atoms in total. The van der Waals surface area contributed by atoms with E-state index in [1.807, 2.05) is 30.3 Å². The van der Waals surface area contributed by atoms with Crippen molar-refractivity contribution in [2.75, 3.05) is 13.2 Å². The molecule has 0 saturated carbocycles. The minimum Gasteiger partial charge on any atom is -0.348 e. The molecule has 1 aromatic carbocycles. The Labute approximate surface area is 88.9 Å². The van der Waals surface area contributed by atoms with Gasteiger partial charge in [-0.2, -0.15) is 0 Å². The Morgan fingerprint density at radius 2 is 2.13 bits per heavy atom. The second-order valence-corrected chi connectivity index (χ2v) is 3.49. The molecular formula is C11H15NO3. The lowest BCUT2D eigenvalue weighted by molar-refractivity contribution is -0.227. The van der Waals surface area contributed by atoms with Gasteiger partial charge in [0.15, 0.2) is 6.29 Å². The average molecular weight is 209 g/mol. The number of hydrogen-bond acceptors (Lipinski definition) is 4. The van der Waals surface area contributed by atoms with Crippen LogP contribution in [0.2, 0.25) is 0 Å². The topological polar surface area (TPSA) is 53.7 Å². The summed E-state index contributed by atoms with van der Waals surface area (Å²) in [7, 11) is 0. The van der Waals surface area contributed by atoms with Gasteiger partial charge in [-0.15, -0.1) is 0 Å². The van der Waals surface area contributed by atoms with Crippen molar-refractivity contribution in [1.82, 2.24) is 0 Å². The van der Waals surface area contributed by atoms with E-state index in [-0.39, 0.29) is 12.4 Å². The molecule has 1 aromatic rings. The largest absolute Gasteiger partial charge is 0.348 e. The van der Waals surface area contributed by atoms with Gasteiger partial charge in [0.05, 0.1) is 19.3 Å². The quantitative estimate of drug-likeness (QED) is 0.764. The fraction of sp³-hybridized carbons (Fsp3) is 0.455. The highest BCUT2D eigenvalue weighted by Gasteiger charge is 2.23. The van der Waals surface area contributed by atoms with Gasteiger partial charge in [-0.05, 0) is 6.42 Å². The van der Waals surface area contributed by atoms with Crippen molar-refractivity contribution in [3.8, 4) is 0 Å². The molecule has 0 spiro atoms. The van der Waals surface area contributed by atoms with Crippen LogP contribution in [0.3, 0.4) is 0 Å². The molecular weight excluding hydrogens is 194 g/mol. The zero-order valence-electron chi connectivity index (χ0n) is 8.46. The van der Waals surface area contributed by atoms with Gasteiger partial charge < -0.3 is 14.3 Å². The summed E-state index contributed by atoms with van der Waals surface area (Å²) in [6.45, 7) is 1.08. The molecule has 1 aliphatic rings. The lowest BCUT2D eigenvalue weighted by atomic mass is 10.2. The molecule has 4 heteroatoms. The number of nitrogens with two attached hydrogens (primary N) is 1. The molecule has 0 amide bonds. The second-order valence-electron chi connectivity index (χ2n) is 3.49. The molecule has 1 unspecified atom stereocenters. The van der Waals surface area contributed by atoms with Crippen molar-refractivity contribution in [2.24, 2.45) is 5.90 Å². The molecule has 1 saturated heterocycles. The van der Waals surface area contributed by atoms with Crippen LogP contribution in [-0.4, -0.2) is 19.3 Å². The van der Waals surface area contributed by atoms with Crippen molar-refractivity contribution in [1.29, 1.82) is 0 Å². The van der Waals surface area contributed by atoms with Crippen LogP contribution in [0, 0.1) is 0 Å². The van der Waals surface area contributed by atoms with Crippen LogP contribution in [0.25, 0.3) is 0 Å². The highest BCUT2D eigenvalue weighted by molar-refractivity contribution is 5.16. The summed E-state index contributed by atoms with van der Waals surface area (Å²) in [6, 6.07) is 9.86. The standard InChI is InChI=1S/C11H15NO3/c12-14-8-10-6-7-13-11(15-10)9-4-2-1-3-5-9/h1-5,10-11H,6-8,12H2/t10-,11?/m0/s1. The molecule has 0 aromatic heterocycles. The van der Waals surface area contributed by atoms with E-state index < -0.39 is 0 Å². The molecule has 82 valence electrons. The van der Waals surface area contributed by atoms with E-state index in [9.17, 15) is 0 Å². The summed E-state index contributed by atoms with van der Waals surface area (Å²) < 4.78 is 11.2. The predicted octanol–water partition coefficient (Wildman–Crippen LogP) is 1.38. The van der Waals surface area contributed by atoms with Gasteiger partial charge in [0.2, 0.25) is 0 Å². The van der Waals surface area contributed by atoms with Crippen LogP contribution in [0.15, 0.2) is 30.3 Å². The molecule has 1 heterocycles. The molecule has 2 rings (SSSR count). The fourth-order valence-corrected chi connectivity index (χ4v) is 1.60. The SMILES string of the molecule is NOC[C@@H]1CCOC(c2ccccc2)O1. The monoisotopic (exact) mass is 209 g/mol. The maximum atomic E-state index is 5.69. The normalized spacial score (nSPS) is 26.5. The Hall–Kier alpha value is -0.940. The zero-order chi connectivity index (χ0) is 10.5. The predicted molar refractivity (Wildman–Crippen MR) is 54.8 cm³/mol. The number of benzene rings is 1. The van der Waals surface area contributed by atoms with Gasteiger partial charge in [-0.3, -0.25) is 0 Å². The van der Waals surface area contributed by atoms with Gasteiger partial charge in [-0.1, -0.05) is 30.3 Å². The Kier molecular flexibility index (Phi) is 3.69. The molecule has 0 bridgehead atoms. The Balaban J connectivity index is 1.98. The number of hydrogen-bond donors (Lipinski definition) is 1. The fourth-order valence-electron chi connectivity index (χ4n) is 1.60. The first-order valence-corrected chi connectivity index (χ1v) is 5.04. The van der Waals surface area contributed by atoms with Gasteiger partial charge in [0.25, 0.3) is 0 Å². The average Bonchev–Trinajstić information content (AvgIpc) is 2.31. The van der Waals surface area contributed by atoms with E-state index in [0.29, 0.717) is 13.2 Å². The third kappa shape index (κ3) is 2.76. The van der Waals surface area contributed by atoms with E-state index in [1.54, 1.807) is 0 Å². The van der Waals surface area contributed by atoms with Crippen molar-refractivity contribution >= 4 is 0 Å². The van der Waals surface area contributed by atoms with Gasteiger partial charge >= 0.3 is 0 Å². The summed E-state index contributed by atoms with van der Waals surface area (Å²) in [6.07, 6.45) is 0.551. The van der Waals surface area contributed by atoms with Crippen LogP contribution in [0.1, 0.15) is 18.3 Å². The maximum Gasteiger partial charge on any atom is 0.184 e. The molecule has 1 fully saturated rings. The molecule has 0 radical (unpaired) electrons. The van der Waals surface area contributed by atoms with Crippen LogP contribution >= 0.6 is 0 Å². The van der Waals surface area contributed by atoms with Gasteiger partial charge in [0.1, 0.15) is 0 Å². The molecule has 15 heavy (non-hydrogen) atoms. The summed E-state index contributed by atoms with van der Waals surface area (Å²) in [4.78, 5) is 4.58. The van der Waals surface area contributed by atoms with E-state index in [0.717, 1.165) is 12.0 Å². The second kappa shape index (κ2) is 5.23. The highest BCUT2D eigenvalue weighted by atomic mass is 16.7. The van der Waals surface area contributed by atoms with Crippen LogP contribution in [0.5, 0.6) is 0 Å². The van der Waals surface area contributed by atoms with Crippen molar-refractivity contribution < 1.29 is 14.3 Å². The molecule has 1 aliphatic heterocycles. The third-order valence-electron chi connectivity index (χ3n) is 2.38. The summed E-state index contributed by atoms with van der Waals surface area (Å²) in [5.74, 6) is 5.02. The van der Waals surface area contributed by atoms with Gasteiger partial charge in [-0.25, -0.2) is 5.90 Å². The minimum absolute atomic E-state index is 0.0222. The van der Waals surface area contributed by atoms with E-state index in [1.165, 1.54) is 0 Å². The highest BCUT2D eigenvalue weighted by Crippen LogP contribution is 2.25. The Morgan fingerprint density at radius 1 is 1.33 bits per heavy atom. The lowest BCUT2D eigenvalue weighted by Gasteiger charge is -2.29. The summed E-state index contributed by atoms with van der Waals surface area (Å²) in [5, 5.41) is 0. The van der Waals surface area contributed by atoms with Crippen LogP contribution < -0.4 is 5.90 Å². The van der Waals surface area contributed by atoms with E-state index in [4.69, 9.17) is 15.4 Å². The van der Waals surface area contributed by atoms with Crippen molar-refractivity contribution in [3.05, 3.63) is 35.9 Å². The first-order valence-electron chi connectivity index (χ1n) is 5.04. The van der Waals surface area contributed by atoms with Gasteiger partial charge in [0, 0.05) is 5.56 Å². The Morgan fingerprint density at radius 3 is 2.87 bits per heavy atom. The van der Waals surface area contributed by atoms with Crippen molar-refractivity contribution in [2.45, 2.75) is 18.8 Å². The summed E-state index contributed by atoms with van der Waals surface area (Å²) >= 11 is 0. The first-order chi connectivity index (χ1) is 7.40. The minimum atomic E-state index is -0.292. The third-order valence-corrected chi connectivity index (χ3v) is 2.38. The number of ether oxygens (including phenoxy) is 2. The smallest absolute Gasteiger partial charge is 0.184 e. The Bertz CT molecular complexity index is 289. The van der Waals surface area contributed by atoms with E-state index in [2.05, 4.69) is 4.84 Å².